The van der Waals surface area contributed by atoms with Gasteiger partial charge in [-0.2, -0.15) is 0 Å². The largest absolute Gasteiger partial charge is 0.366 e. The smallest absolute Gasteiger partial charge is 0.256 e. The third-order valence-electron chi connectivity index (χ3n) is 2.28. The molecule has 0 aliphatic heterocycles. The molecule has 1 aromatic carbocycles. The van der Waals surface area contributed by atoms with Gasteiger partial charge >= 0.3 is 0 Å². The molecule has 0 atom stereocenters. The van der Waals surface area contributed by atoms with E-state index in [-0.39, 0.29) is 16.1 Å². The minimum Gasteiger partial charge on any atom is -0.366 e. The van der Waals surface area contributed by atoms with Crippen LogP contribution in [0.1, 0.15) is 20.7 Å². The van der Waals surface area contributed by atoms with E-state index in [0.29, 0.717) is 6.07 Å². The maximum absolute atomic E-state index is 13.0. The fourth-order valence-corrected chi connectivity index (χ4v) is 2.25. The van der Waals surface area contributed by atoms with Crippen LogP contribution in [0.2, 0.25) is 0 Å². The van der Waals surface area contributed by atoms with E-state index in [4.69, 9.17) is 5.73 Å². The molecule has 1 heterocycles. The van der Waals surface area contributed by atoms with Gasteiger partial charge in [0, 0.05) is 11.6 Å². The second kappa shape index (κ2) is 5.15. The van der Waals surface area contributed by atoms with Crippen molar-refractivity contribution in [2.45, 2.75) is 0 Å². The predicted molar refractivity (Wildman–Crippen MR) is 67.1 cm³/mol. The van der Waals surface area contributed by atoms with Crippen LogP contribution in [0.3, 0.4) is 0 Å². The van der Waals surface area contributed by atoms with E-state index in [1.807, 2.05) is 0 Å². The molecule has 0 fully saturated rings. The number of amides is 2. The Bertz CT molecular complexity index is 635. The summed E-state index contributed by atoms with van der Waals surface area (Å²) in [6.07, 6.45) is 0. The molecule has 19 heavy (non-hydrogen) atoms. The molecule has 3 N–H and O–H groups in total. The molecule has 0 saturated carbocycles. The molecule has 2 aromatic rings. The monoisotopic (exact) mass is 282 g/mol. The zero-order valence-corrected chi connectivity index (χ0v) is 10.3. The van der Waals surface area contributed by atoms with E-state index in [9.17, 15) is 18.4 Å². The molecule has 0 unspecified atom stereocenters. The minimum atomic E-state index is -0.855. The van der Waals surface area contributed by atoms with E-state index in [1.54, 1.807) is 5.38 Å². The summed E-state index contributed by atoms with van der Waals surface area (Å²) in [5.74, 6) is -3.12. The number of nitrogens with two attached hydrogens (primary N) is 1. The number of carbonyl (C=O) groups excluding carboxylic acids is 2. The van der Waals surface area contributed by atoms with Crippen LogP contribution in [0.25, 0.3) is 0 Å². The Hall–Kier alpha value is -2.28. The molecule has 0 bridgehead atoms. The number of hydrogen-bond donors (Lipinski definition) is 2. The van der Waals surface area contributed by atoms with E-state index in [0.717, 1.165) is 23.5 Å². The molecule has 0 spiro atoms. The zero-order chi connectivity index (χ0) is 14.0. The Morgan fingerprint density at radius 3 is 2.37 bits per heavy atom. The van der Waals surface area contributed by atoms with Gasteiger partial charge in [0.15, 0.2) is 0 Å². The fourth-order valence-electron chi connectivity index (χ4n) is 1.46. The molecule has 0 aliphatic rings. The summed E-state index contributed by atoms with van der Waals surface area (Å²) in [6, 6.07) is 3.91. The van der Waals surface area contributed by atoms with E-state index in [1.165, 1.54) is 6.07 Å². The van der Waals surface area contributed by atoms with Crippen LogP contribution < -0.4 is 11.1 Å². The van der Waals surface area contributed by atoms with Crippen molar-refractivity contribution in [3.63, 3.8) is 0 Å². The van der Waals surface area contributed by atoms with Crippen LogP contribution in [0.15, 0.2) is 29.6 Å². The quantitative estimate of drug-likeness (QED) is 0.907. The molecule has 2 amide bonds. The average molecular weight is 282 g/mol. The van der Waals surface area contributed by atoms with Crippen molar-refractivity contribution in [3.8, 4) is 0 Å². The maximum Gasteiger partial charge on any atom is 0.256 e. The van der Waals surface area contributed by atoms with Crippen molar-refractivity contribution in [1.29, 1.82) is 0 Å². The van der Waals surface area contributed by atoms with Crippen molar-refractivity contribution in [1.82, 2.24) is 0 Å². The Kier molecular flexibility index (Phi) is 3.57. The minimum absolute atomic E-state index is 0.148. The number of nitrogens with one attached hydrogen (secondary N) is 1. The van der Waals surface area contributed by atoms with E-state index >= 15 is 0 Å². The molecule has 0 radical (unpaired) electrons. The zero-order valence-electron chi connectivity index (χ0n) is 9.44. The lowest BCUT2D eigenvalue weighted by atomic mass is 10.2. The van der Waals surface area contributed by atoms with Gasteiger partial charge in [-0.3, -0.25) is 9.59 Å². The van der Waals surface area contributed by atoms with Gasteiger partial charge in [0.1, 0.15) is 16.6 Å². The van der Waals surface area contributed by atoms with Gasteiger partial charge in [-0.1, -0.05) is 0 Å². The SMILES string of the molecule is NC(=O)c1ccsc1NC(=O)c1cc(F)cc(F)c1. The van der Waals surface area contributed by atoms with Gasteiger partial charge < -0.3 is 11.1 Å². The predicted octanol–water partition coefficient (Wildman–Crippen LogP) is 2.38. The first-order chi connectivity index (χ1) is 8.97. The van der Waals surface area contributed by atoms with Gasteiger partial charge in [-0.15, -0.1) is 11.3 Å². The molecule has 0 aliphatic carbocycles. The van der Waals surface area contributed by atoms with Crippen molar-refractivity contribution in [2.24, 2.45) is 5.73 Å². The number of benzene rings is 1. The number of primary amides is 1. The summed E-state index contributed by atoms with van der Waals surface area (Å²) >= 11 is 1.09. The van der Waals surface area contributed by atoms with Crippen LogP contribution in [0.4, 0.5) is 13.8 Å². The number of anilines is 1. The fraction of sp³-hybridized carbons (Fsp3) is 0. The second-order valence-corrected chi connectivity index (χ2v) is 4.56. The summed E-state index contributed by atoms with van der Waals surface area (Å²) in [7, 11) is 0. The van der Waals surface area contributed by atoms with Crippen molar-refractivity contribution < 1.29 is 18.4 Å². The molecule has 98 valence electrons. The summed E-state index contributed by atoms with van der Waals surface area (Å²) in [5.41, 5.74) is 5.09. The number of halogens is 2. The summed E-state index contributed by atoms with van der Waals surface area (Å²) < 4.78 is 26.0. The standard InChI is InChI=1S/C12H8F2N2O2S/c13-7-3-6(4-8(14)5-7)11(18)16-12-9(10(15)17)1-2-19-12/h1-5H,(H2,15,17)(H,16,18). The molecular weight excluding hydrogens is 274 g/mol. The lowest BCUT2D eigenvalue weighted by Gasteiger charge is -2.05. The van der Waals surface area contributed by atoms with Crippen LogP contribution in [0, 0.1) is 11.6 Å². The van der Waals surface area contributed by atoms with Gasteiger partial charge in [0.2, 0.25) is 0 Å². The highest BCUT2D eigenvalue weighted by molar-refractivity contribution is 7.14. The highest BCUT2D eigenvalue weighted by Crippen LogP contribution is 2.23. The third kappa shape index (κ3) is 2.94. The Morgan fingerprint density at radius 1 is 1.16 bits per heavy atom. The molecule has 0 saturated heterocycles. The lowest BCUT2D eigenvalue weighted by molar-refractivity contribution is 0.100. The van der Waals surface area contributed by atoms with Crippen molar-refractivity contribution in [3.05, 3.63) is 52.4 Å². The molecule has 1 aromatic heterocycles. The summed E-state index contributed by atoms with van der Waals surface area (Å²) in [6.45, 7) is 0. The second-order valence-electron chi connectivity index (χ2n) is 3.64. The lowest BCUT2D eigenvalue weighted by Crippen LogP contribution is -2.16. The first kappa shape index (κ1) is 13.2. The Labute approximate surface area is 110 Å². The topological polar surface area (TPSA) is 72.2 Å². The summed E-state index contributed by atoms with van der Waals surface area (Å²) in [5, 5.41) is 4.20. The van der Waals surface area contributed by atoms with E-state index < -0.39 is 23.4 Å². The third-order valence-corrected chi connectivity index (χ3v) is 3.11. The average Bonchev–Trinajstić information content (AvgIpc) is 2.75. The van der Waals surface area contributed by atoms with Crippen molar-refractivity contribution in [2.75, 3.05) is 5.32 Å². The van der Waals surface area contributed by atoms with Gasteiger partial charge in [0.05, 0.1) is 5.56 Å². The number of hydrogen-bond acceptors (Lipinski definition) is 3. The van der Waals surface area contributed by atoms with Crippen LogP contribution >= 0.6 is 11.3 Å². The van der Waals surface area contributed by atoms with Gasteiger partial charge in [-0.05, 0) is 23.6 Å². The number of carbonyl (C=O) groups is 2. The number of rotatable bonds is 3. The first-order valence-corrected chi connectivity index (χ1v) is 6.00. The summed E-state index contributed by atoms with van der Waals surface area (Å²) in [4.78, 5) is 22.9. The molecular formula is C12H8F2N2O2S. The highest BCUT2D eigenvalue weighted by atomic mass is 32.1. The molecule has 7 heteroatoms. The van der Waals surface area contributed by atoms with Crippen LogP contribution in [0.5, 0.6) is 0 Å². The van der Waals surface area contributed by atoms with Crippen molar-refractivity contribution >= 4 is 28.2 Å². The van der Waals surface area contributed by atoms with Gasteiger partial charge in [0.25, 0.3) is 11.8 Å². The maximum atomic E-state index is 13.0. The highest BCUT2D eigenvalue weighted by Gasteiger charge is 2.14. The first-order valence-electron chi connectivity index (χ1n) is 5.12. The van der Waals surface area contributed by atoms with Crippen LogP contribution in [-0.4, -0.2) is 11.8 Å². The molecule has 2 rings (SSSR count). The van der Waals surface area contributed by atoms with E-state index in [2.05, 4.69) is 5.32 Å². The van der Waals surface area contributed by atoms with Crippen LogP contribution in [-0.2, 0) is 0 Å². The van der Waals surface area contributed by atoms with Gasteiger partial charge in [-0.25, -0.2) is 8.78 Å². The molecule has 4 nitrogen and oxygen atoms in total. The Balaban J connectivity index is 2.25. The number of thiophene rings is 1. The normalized spacial score (nSPS) is 10.2. The Morgan fingerprint density at radius 2 is 1.79 bits per heavy atom.